The highest BCUT2D eigenvalue weighted by Crippen LogP contribution is 2.52. The maximum absolute atomic E-state index is 11.7. The zero-order chi connectivity index (χ0) is 11.8. The third-order valence-electron chi connectivity index (χ3n) is 2.53. The molecule has 1 heterocycles. The zero-order valence-corrected chi connectivity index (χ0v) is 10.6. The minimum atomic E-state index is -0.660. The van der Waals surface area contributed by atoms with E-state index in [0.717, 1.165) is 6.42 Å². The molecule has 1 saturated carbocycles. The van der Waals surface area contributed by atoms with E-state index in [9.17, 15) is 4.79 Å². The minimum Gasteiger partial charge on any atom is -0.352 e. The molecular formula is C10H10Cl2N2OS. The Balaban J connectivity index is 1.95. The van der Waals surface area contributed by atoms with Crippen molar-refractivity contribution >= 4 is 41.3 Å². The van der Waals surface area contributed by atoms with Gasteiger partial charge < -0.3 is 10.3 Å². The summed E-state index contributed by atoms with van der Waals surface area (Å²) in [6.45, 7) is 0.482. The standard InChI is InChI=1S/C10H10Cl2N2OS/c11-10(12)4-6(10)5-14-8(15)7-2-1-3-13-9(7)16/h1-3,6H,4-5H2,(H,13,16)(H,14,15)/t6-/m0/s1. The molecule has 1 aromatic rings. The van der Waals surface area contributed by atoms with Crippen LogP contribution in [0.1, 0.15) is 16.8 Å². The SMILES string of the molecule is O=C(NC[C@@H]1CC1(Cl)Cl)c1ccc[nH]c1=S. The lowest BCUT2D eigenvalue weighted by molar-refractivity contribution is 0.0951. The molecule has 1 fully saturated rings. The number of halogens is 2. The molecular weight excluding hydrogens is 267 g/mol. The number of hydrogen-bond acceptors (Lipinski definition) is 2. The molecule has 0 bridgehead atoms. The van der Waals surface area contributed by atoms with Gasteiger partial charge in [0, 0.05) is 18.7 Å². The molecule has 3 nitrogen and oxygen atoms in total. The Hall–Kier alpha value is -0.580. The van der Waals surface area contributed by atoms with Crippen molar-refractivity contribution < 1.29 is 4.79 Å². The molecule has 6 heteroatoms. The van der Waals surface area contributed by atoms with Gasteiger partial charge in [-0.05, 0) is 18.6 Å². The largest absolute Gasteiger partial charge is 0.352 e. The highest BCUT2D eigenvalue weighted by Gasteiger charge is 2.51. The smallest absolute Gasteiger partial charge is 0.254 e. The molecule has 0 spiro atoms. The van der Waals surface area contributed by atoms with Crippen LogP contribution in [-0.2, 0) is 0 Å². The molecule has 1 atom stereocenters. The van der Waals surface area contributed by atoms with Crippen molar-refractivity contribution in [1.82, 2.24) is 10.3 Å². The van der Waals surface area contributed by atoms with Crippen LogP contribution in [0, 0.1) is 10.6 Å². The van der Waals surface area contributed by atoms with Crippen molar-refractivity contribution in [3.8, 4) is 0 Å². The first-order valence-corrected chi connectivity index (χ1v) is 6.01. The van der Waals surface area contributed by atoms with Crippen LogP contribution >= 0.6 is 35.4 Å². The predicted octanol–water partition coefficient (Wildman–Crippen LogP) is 2.67. The highest BCUT2D eigenvalue weighted by atomic mass is 35.5. The van der Waals surface area contributed by atoms with Gasteiger partial charge >= 0.3 is 0 Å². The average Bonchev–Trinajstić information content (AvgIpc) is 2.84. The Labute approximate surface area is 108 Å². The van der Waals surface area contributed by atoms with Gasteiger partial charge in [-0.1, -0.05) is 12.2 Å². The van der Waals surface area contributed by atoms with E-state index in [0.29, 0.717) is 16.7 Å². The van der Waals surface area contributed by atoms with E-state index >= 15 is 0 Å². The van der Waals surface area contributed by atoms with Crippen LogP contribution in [0.4, 0.5) is 0 Å². The van der Waals surface area contributed by atoms with Crippen molar-refractivity contribution in [2.45, 2.75) is 10.8 Å². The van der Waals surface area contributed by atoms with Crippen LogP contribution < -0.4 is 5.32 Å². The van der Waals surface area contributed by atoms with E-state index in [1.54, 1.807) is 18.3 Å². The lowest BCUT2D eigenvalue weighted by Gasteiger charge is -2.04. The summed E-state index contributed by atoms with van der Waals surface area (Å²) in [6, 6.07) is 3.41. The second kappa shape index (κ2) is 4.35. The molecule has 0 aliphatic heterocycles. The monoisotopic (exact) mass is 276 g/mol. The number of carbonyl (C=O) groups is 1. The molecule has 86 valence electrons. The number of nitrogens with one attached hydrogen (secondary N) is 2. The first-order valence-electron chi connectivity index (χ1n) is 4.84. The van der Waals surface area contributed by atoms with E-state index < -0.39 is 4.33 Å². The minimum absolute atomic E-state index is 0.140. The van der Waals surface area contributed by atoms with E-state index in [1.807, 2.05) is 0 Å². The van der Waals surface area contributed by atoms with Crippen LogP contribution in [0.3, 0.4) is 0 Å². The zero-order valence-electron chi connectivity index (χ0n) is 8.30. The van der Waals surface area contributed by atoms with Crippen LogP contribution in [0.25, 0.3) is 0 Å². The molecule has 0 saturated heterocycles. The summed E-state index contributed by atoms with van der Waals surface area (Å²) in [6.07, 6.45) is 2.40. The second-order valence-corrected chi connectivity index (χ2v) is 5.74. The molecule has 2 rings (SSSR count). The molecule has 2 N–H and O–H groups in total. The maximum Gasteiger partial charge on any atom is 0.254 e. The van der Waals surface area contributed by atoms with Crippen LogP contribution in [0.2, 0.25) is 0 Å². The summed E-state index contributed by atoms with van der Waals surface area (Å²) in [7, 11) is 0. The van der Waals surface area contributed by atoms with Crippen molar-refractivity contribution in [2.75, 3.05) is 6.54 Å². The van der Waals surface area contributed by atoms with E-state index in [1.165, 1.54) is 0 Å². The molecule has 0 radical (unpaired) electrons. The summed E-state index contributed by atoms with van der Waals surface area (Å²) < 4.78 is -0.230. The first kappa shape index (κ1) is 11.9. The number of carbonyl (C=O) groups excluding carboxylic acids is 1. The maximum atomic E-state index is 11.7. The Kier molecular flexibility index (Phi) is 3.24. The van der Waals surface area contributed by atoms with Gasteiger partial charge in [-0.3, -0.25) is 4.79 Å². The molecule has 0 aromatic carbocycles. The number of aromatic amines is 1. The van der Waals surface area contributed by atoms with Crippen molar-refractivity contribution in [3.63, 3.8) is 0 Å². The Morgan fingerprint density at radius 3 is 2.94 bits per heavy atom. The molecule has 1 aliphatic rings. The number of aromatic nitrogens is 1. The predicted molar refractivity (Wildman–Crippen MR) is 66.5 cm³/mol. The third kappa shape index (κ3) is 2.56. The number of alkyl halides is 2. The van der Waals surface area contributed by atoms with Crippen LogP contribution in [-0.4, -0.2) is 21.8 Å². The van der Waals surface area contributed by atoms with E-state index in [4.69, 9.17) is 35.4 Å². The lowest BCUT2D eigenvalue weighted by Crippen LogP contribution is -2.27. The molecule has 0 unspecified atom stereocenters. The lowest BCUT2D eigenvalue weighted by atomic mass is 10.2. The Morgan fingerprint density at radius 2 is 2.38 bits per heavy atom. The van der Waals surface area contributed by atoms with E-state index in [-0.39, 0.29) is 11.8 Å². The van der Waals surface area contributed by atoms with Crippen molar-refractivity contribution in [2.24, 2.45) is 5.92 Å². The Bertz CT molecular complexity index is 472. The van der Waals surface area contributed by atoms with Crippen molar-refractivity contribution in [1.29, 1.82) is 0 Å². The average molecular weight is 277 g/mol. The van der Waals surface area contributed by atoms with Crippen LogP contribution in [0.15, 0.2) is 18.3 Å². The number of H-pyrrole nitrogens is 1. The van der Waals surface area contributed by atoms with Gasteiger partial charge in [0.2, 0.25) is 0 Å². The number of hydrogen-bond donors (Lipinski definition) is 2. The second-order valence-electron chi connectivity index (χ2n) is 3.79. The first-order chi connectivity index (χ1) is 7.50. The summed E-state index contributed by atoms with van der Waals surface area (Å²) in [4.78, 5) is 14.5. The summed E-state index contributed by atoms with van der Waals surface area (Å²) in [5.74, 6) is -0.0565. The van der Waals surface area contributed by atoms with Crippen molar-refractivity contribution in [3.05, 3.63) is 28.5 Å². The number of rotatable bonds is 3. The van der Waals surface area contributed by atoms with Gasteiger partial charge in [0.05, 0.1) is 5.56 Å². The van der Waals surface area contributed by atoms with Gasteiger partial charge in [-0.15, -0.1) is 23.2 Å². The highest BCUT2D eigenvalue weighted by molar-refractivity contribution is 7.71. The van der Waals surface area contributed by atoms with E-state index in [2.05, 4.69) is 10.3 Å². The topological polar surface area (TPSA) is 44.9 Å². The molecule has 1 amide bonds. The Morgan fingerprint density at radius 1 is 1.69 bits per heavy atom. The molecule has 1 aromatic heterocycles. The fourth-order valence-electron chi connectivity index (χ4n) is 1.40. The quantitative estimate of drug-likeness (QED) is 0.659. The fraction of sp³-hybridized carbons (Fsp3) is 0.400. The summed E-state index contributed by atoms with van der Waals surface area (Å²) >= 11 is 16.7. The summed E-state index contributed by atoms with van der Waals surface area (Å²) in [5, 5.41) is 2.76. The van der Waals surface area contributed by atoms with Gasteiger partial charge in [-0.25, -0.2) is 0 Å². The molecule has 16 heavy (non-hydrogen) atoms. The van der Waals surface area contributed by atoms with Gasteiger partial charge in [0.1, 0.15) is 8.97 Å². The number of amides is 1. The third-order valence-corrected chi connectivity index (χ3v) is 3.79. The fourth-order valence-corrected chi connectivity index (χ4v) is 2.16. The number of pyridine rings is 1. The van der Waals surface area contributed by atoms with Gasteiger partial charge in [-0.2, -0.15) is 0 Å². The molecule has 1 aliphatic carbocycles. The van der Waals surface area contributed by atoms with Gasteiger partial charge in [0.25, 0.3) is 5.91 Å². The van der Waals surface area contributed by atoms with Gasteiger partial charge in [0.15, 0.2) is 0 Å². The van der Waals surface area contributed by atoms with Crippen LogP contribution in [0.5, 0.6) is 0 Å². The normalized spacial score (nSPS) is 21.5. The summed E-state index contributed by atoms with van der Waals surface area (Å²) in [5.41, 5.74) is 0.466.